The highest BCUT2D eigenvalue weighted by Gasteiger charge is 2.34. The summed E-state index contributed by atoms with van der Waals surface area (Å²) in [6, 6.07) is 0. The van der Waals surface area contributed by atoms with Gasteiger partial charge in [0.25, 0.3) is 0 Å². The molecule has 0 amide bonds. The molecule has 0 aromatic carbocycles. The normalized spacial score (nSPS) is 15.1. The molecule has 0 aromatic rings. The predicted molar refractivity (Wildman–Crippen MR) is 58.5 cm³/mol. The molecule has 0 aliphatic carbocycles. The van der Waals surface area contributed by atoms with Gasteiger partial charge in [-0.15, -0.1) is 0 Å². The number of unbranched alkanes of at least 4 members (excludes halogenated alkanes) is 1. The molecule has 0 aliphatic rings. The average Bonchev–Trinajstić information content (AvgIpc) is 2.18. The van der Waals surface area contributed by atoms with E-state index in [2.05, 4.69) is 19.2 Å². The van der Waals surface area contributed by atoms with E-state index in [1.807, 2.05) is 6.92 Å². The van der Waals surface area contributed by atoms with E-state index in [4.69, 9.17) is 0 Å². The maximum atomic E-state index is 11.2. The summed E-state index contributed by atoms with van der Waals surface area (Å²) in [5.41, 5.74) is -0.688. The number of carboxylic acid groups (broad SMARTS) is 1. The quantitative estimate of drug-likeness (QED) is 0.634. The third-order valence-electron chi connectivity index (χ3n) is 2.68. The Hall–Kier alpha value is -0.570. The minimum atomic E-state index is -0.707. The van der Waals surface area contributed by atoms with E-state index in [1.54, 1.807) is 0 Å². The summed E-state index contributed by atoms with van der Waals surface area (Å²) in [6.07, 6.45) is 4.37. The highest BCUT2D eigenvalue weighted by atomic mass is 16.4. The molecule has 0 spiro atoms. The number of hydrogen-bond donors (Lipinski definition) is 2. The Morgan fingerprint density at radius 1 is 1.29 bits per heavy atom. The van der Waals surface area contributed by atoms with Gasteiger partial charge < -0.3 is 10.4 Å². The second-order valence-corrected chi connectivity index (χ2v) is 3.77. The van der Waals surface area contributed by atoms with E-state index in [0.29, 0.717) is 6.42 Å². The van der Waals surface area contributed by atoms with Crippen molar-refractivity contribution in [3.8, 4) is 0 Å². The van der Waals surface area contributed by atoms with E-state index in [0.717, 1.165) is 32.2 Å². The van der Waals surface area contributed by atoms with Crippen molar-refractivity contribution in [1.82, 2.24) is 5.32 Å². The first-order valence-electron chi connectivity index (χ1n) is 5.61. The third-order valence-corrected chi connectivity index (χ3v) is 2.68. The summed E-state index contributed by atoms with van der Waals surface area (Å²) in [5.74, 6) is -0.707. The molecule has 0 heterocycles. The van der Waals surface area contributed by atoms with Gasteiger partial charge in [-0.05, 0) is 25.8 Å². The van der Waals surface area contributed by atoms with Crippen LogP contribution < -0.4 is 5.32 Å². The summed E-state index contributed by atoms with van der Waals surface area (Å²) < 4.78 is 0. The fraction of sp³-hybridized carbons (Fsp3) is 0.909. The number of rotatable bonds is 8. The highest BCUT2D eigenvalue weighted by molar-refractivity contribution is 5.78. The molecule has 0 aliphatic heterocycles. The summed E-state index contributed by atoms with van der Waals surface area (Å²) in [4.78, 5) is 11.2. The number of aliphatic carboxylic acids is 1. The molecule has 2 N–H and O–H groups in total. The van der Waals surface area contributed by atoms with E-state index in [9.17, 15) is 9.90 Å². The average molecular weight is 201 g/mol. The zero-order valence-electron chi connectivity index (χ0n) is 9.60. The van der Waals surface area contributed by atoms with E-state index in [-0.39, 0.29) is 0 Å². The van der Waals surface area contributed by atoms with Crippen LogP contribution in [-0.2, 0) is 4.79 Å². The lowest BCUT2D eigenvalue weighted by Gasteiger charge is -2.29. The Kier molecular flexibility index (Phi) is 6.54. The van der Waals surface area contributed by atoms with Crippen LogP contribution in [0.2, 0.25) is 0 Å². The van der Waals surface area contributed by atoms with Crippen molar-refractivity contribution in [3.05, 3.63) is 0 Å². The van der Waals surface area contributed by atoms with Gasteiger partial charge in [0.05, 0.1) is 0 Å². The van der Waals surface area contributed by atoms with Gasteiger partial charge in [-0.2, -0.15) is 0 Å². The lowest BCUT2D eigenvalue weighted by atomic mass is 9.89. The van der Waals surface area contributed by atoms with Crippen LogP contribution in [-0.4, -0.2) is 23.2 Å². The predicted octanol–water partition coefficient (Wildman–Crippen LogP) is 2.41. The summed E-state index contributed by atoms with van der Waals surface area (Å²) >= 11 is 0. The first kappa shape index (κ1) is 13.4. The van der Waals surface area contributed by atoms with Gasteiger partial charge in [0, 0.05) is 0 Å². The first-order chi connectivity index (χ1) is 6.63. The molecule has 0 fully saturated rings. The second kappa shape index (κ2) is 6.82. The van der Waals surface area contributed by atoms with Crippen LogP contribution in [0.3, 0.4) is 0 Å². The Morgan fingerprint density at radius 3 is 2.29 bits per heavy atom. The van der Waals surface area contributed by atoms with Gasteiger partial charge in [-0.1, -0.05) is 33.6 Å². The first-order valence-corrected chi connectivity index (χ1v) is 5.61. The van der Waals surface area contributed by atoms with Crippen LogP contribution in [0.5, 0.6) is 0 Å². The van der Waals surface area contributed by atoms with E-state index in [1.165, 1.54) is 0 Å². The Morgan fingerprint density at radius 2 is 1.93 bits per heavy atom. The van der Waals surface area contributed by atoms with Gasteiger partial charge in [0.2, 0.25) is 0 Å². The minimum Gasteiger partial charge on any atom is -0.480 e. The largest absolute Gasteiger partial charge is 0.480 e. The standard InChI is InChI=1S/C11H23NO2/c1-4-7-8-11(6-3,10(13)14)12-9-5-2/h12H,4-9H2,1-3H3,(H,13,14). The molecule has 1 unspecified atom stereocenters. The van der Waals surface area contributed by atoms with Gasteiger partial charge in [-0.3, -0.25) is 4.79 Å². The molecule has 14 heavy (non-hydrogen) atoms. The Balaban J connectivity index is 4.35. The molecule has 84 valence electrons. The van der Waals surface area contributed by atoms with Crippen molar-refractivity contribution in [2.24, 2.45) is 0 Å². The molecular weight excluding hydrogens is 178 g/mol. The molecular formula is C11H23NO2. The monoisotopic (exact) mass is 201 g/mol. The molecule has 0 radical (unpaired) electrons. The lowest BCUT2D eigenvalue weighted by Crippen LogP contribution is -2.51. The Bertz CT molecular complexity index is 161. The second-order valence-electron chi connectivity index (χ2n) is 3.77. The number of carbonyl (C=O) groups is 1. The van der Waals surface area contributed by atoms with Gasteiger partial charge in [0.15, 0.2) is 0 Å². The number of nitrogens with one attached hydrogen (secondary N) is 1. The molecule has 3 nitrogen and oxygen atoms in total. The zero-order chi connectivity index (χ0) is 11.0. The van der Waals surface area contributed by atoms with Crippen LogP contribution >= 0.6 is 0 Å². The topological polar surface area (TPSA) is 49.3 Å². The number of hydrogen-bond acceptors (Lipinski definition) is 2. The molecule has 0 rings (SSSR count). The summed E-state index contributed by atoms with van der Waals surface area (Å²) in [6.45, 7) is 6.85. The van der Waals surface area contributed by atoms with Crippen LogP contribution in [0.1, 0.15) is 52.9 Å². The van der Waals surface area contributed by atoms with Crippen LogP contribution in [0.25, 0.3) is 0 Å². The van der Waals surface area contributed by atoms with Gasteiger partial charge >= 0.3 is 5.97 Å². The van der Waals surface area contributed by atoms with Crippen LogP contribution in [0.15, 0.2) is 0 Å². The minimum absolute atomic E-state index is 0.655. The fourth-order valence-electron chi connectivity index (χ4n) is 1.57. The van der Waals surface area contributed by atoms with Crippen molar-refractivity contribution in [3.63, 3.8) is 0 Å². The fourth-order valence-corrected chi connectivity index (χ4v) is 1.57. The number of carboxylic acids is 1. The van der Waals surface area contributed by atoms with Gasteiger partial charge in [-0.25, -0.2) is 0 Å². The van der Waals surface area contributed by atoms with Crippen molar-refractivity contribution >= 4 is 5.97 Å². The molecule has 0 aromatic heterocycles. The Labute approximate surface area is 86.9 Å². The van der Waals surface area contributed by atoms with Crippen molar-refractivity contribution in [1.29, 1.82) is 0 Å². The van der Waals surface area contributed by atoms with Crippen molar-refractivity contribution < 1.29 is 9.90 Å². The van der Waals surface area contributed by atoms with Crippen LogP contribution in [0, 0.1) is 0 Å². The summed E-state index contributed by atoms with van der Waals surface area (Å²) in [5, 5.41) is 12.4. The van der Waals surface area contributed by atoms with E-state index < -0.39 is 11.5 Å². The molecule has 0 saturated carbocycles. The maximum Gasteiger partial charge on any atom is 0.323 e. The molecule has 1 atom stereocenters. The van der Waals surface area contributed by atoms with Crippen molar-refractivity contribution in [2.75, 3.05) is 6.54 Å². The maximum absolute atomic E-state index is 11.2. The smallest absolute Gasteiger partial charge is 0.323 e. The SMILES string of the molecule is CCCCC(CC)(NCCC)C(=O)O. The van der Waals surface area contributed by atoms with Gasteiger partial charge in [0.1, 0.15) is 5.54 Å². The summed E-state index contributed by atoms with van der Waals surface area (Å²) in [7, 11) is 0. The van der Waals surface area contributed by atoms with Crippen LogP contribution in [0.4, 0.5) is 0 Å². The molecule has 0 bridgehead atoms. The molecule has 0 saturated heterocycles. The molecule has 3 heteroatoms. The van der Waals surface area contributed by atoms with E-state index >= 15 is 0 Å². The lowest BCUT2D eigenvalue weighted by molar-refractivity contribution is -0.145. The zero-order valence-corrected chi connectivity index (χ0v) is 9.60. The third kappa shape index (κ3) is 3.66. The highest BCUT2D eigenvalue weighted by Crippen LogP contribution is 2.19. The van der Waals surface area contributed by atoms with Crippen molar-refractivity contribution in [2.45, 2.75) is 58.4 Å².